The second-order valence-corrected chi connectivity index (χ2v) is 7.15. The summed E-state index contributed by atoms with van der Waals surface area (Å²) in [6.07, 6.45) is 0. The van der Waals surface area contributed by atoms with Crippen molar-refractivity contribution in [3.63, 3.8) is 0 Å². The van der Waals surface area contributed by atoms with E-state index in [-0.39, 0.29) is 5.55 Å². The molecular weight excluding hydrogens is 354 g/mol. The molecule has 0 atom stereocenters. The number of nitrogens with one attached hydrogen (secondary N) is 1. The topological polar surface area (TPSA) is 53.1 Å². The molecule has 1 N–H and O–H groups in total. The Morgan fingerprint density at radius 3 is 2.56 bits per heavy atom. The van der Waals surface area contributed by atoms with Gasteiger partial charge < -0.3 is 9.32 Å². The van der Waals surface area contributed by atoms with Crippen LogP contribution in [0.15, 0.2) is 64.4 Å². The Hall–Kier alpha value is -2.92. The Labute approximate surface area is 162 Å². The first-order valence-corrected chi connectivity index (χ1v) is 9.96. The van der Waals surface area contributed by atoms with Gasteiger partial charge in [0.15, 0.2) is 0 Å². The predicted molar refractivity (Wildman–Crippen MR) is 112 cm³/mol. The van der Waals surface area contributed by atoms with Crippen molar-refractivity contribution in [1.82, 2.24) is 4.98 Å². The Morgan fingerprint density at radius 1 is 1.04 bits per heavy atom. The molecule has 0 aliphatic heterocycles. The summed E-state index contributed by atoms with van der Waals surface area (Å²) < 4.78 is 5.85. The van der Waals surface area contributed by atoms with Crippen molar-refractivity contribution in [3.8, 4) is 21.8 Å². The maximum absolute atomic E-state index is 8.36. The van der Waals surface area contributed by atoms with E-state index in [0.717, 1.165) is 51.6 Å². The summed E-state index contributed by atoms with van der Waals surface area (Å²) >= 11 is 1.54. The Kier molecular flexibility index (Phi) is 4.77. The number of rotatable bonds is 5. The summed E-state index contributed by atoms with van der Waals surface area (Å²) in [5, 5.41) is 12.2. The van der Waals surface area contributed by atoms with E-state index in [0.29, 0.717) is 0 Å². The molecule has 0 aliphatic rings. The molecular formula is C22H21N3OS. The minimum absolute atomic E-state index is 0.146. The van der Waals surface area contributed by atoms with Crippen LogP contribution in [0.4, 0.5) is 5.69 Å². The second kappa shape index (κ2) is 7.37. The normalized spacial score (nSPS) is 11.0. The second-order valence-electron chi connectivity index (χ2n) is 6.29. The molecule has 27 heavy (non-hydrogen) atoms. The number of aromatic nitrogens is 1. The zero-order chi connectivity index (χ0) is 18.8. The van der Waals surface area contributed by atoms with Crippen molar-refractivity contribution in [1.29, 1.82) is 5.41 Å². The first-order valence-electron chi connectivity index (χ1n) is 9.08. The molecule has 4 nitrogen and oxygen atoms in total. The largest absolute Gasteiger partial charge is 0.438 e. The first kappa shape index (κ1) is 17.5. The SMILES string of the molecule is CCN(CC)c1ccc2cc(-c3nc(-c4ccccc4)cs3)c(=N)oc2c1. The third-order valence-electron chi connectivity index (χ3n) is 4.69. The van der Waals surface area contributed by atoms with Crippen molar-refractivity contribution in [3.05, 3.63) is 65.5 Å². The van der Waals surface area contributed by atoms with E-state index in [1.807, 2.05) is 47.8 Å². The monoisotopic (exact) mass is 375 g/mol. The summed E-state index contributed by atoms with van der Waals surface area (Å²) in [4.78, 5) is 6.98. The van der Waals surface area contributed by atoms with Crippen LogP contribution < -0.4 is 10.5 Å². The number of fused-ring (bicyclic) bond motifs is 1. The maximum atomic E-state index is 8.36. The van der Waals surface area contributed by atoms with E-state index in [2.05, 4.69) is 30.9 Å². The highest BCUT2D eigenvalue weighted by Gasteiger charge is 2.12. The van der Waals surface area contributed by atoms with Gasteiger partial charge in [0.05, 0.1) is 11.3 Å². The molecule has 136 valence electrons. The van der Waals surface area contributed by atoms with Crippen LogP contribution in [-0.2, 0) is 0 Å². The van der Waals surface area contributed by atoms with E-state index in [9.17, 15) is 0 Å². The van der Waals surface area contributed by atoms with Crippen LogP contribution in [-0.4, -0.2) is 18.1 Å². The van der Waals surface area contributed by atoms with Gasteiger partial charge in [-0.2, -0.15) is 0 Å². The van der Waals surface area contributed by atoms with Gasteiger partial charge in [0, 0.05) is 41.2 Å². The molecule has 4 rings (SSSR count). The van der Waals surface area contributed by atoms with Crippen molar-refractivity contribution >= 4 is 28.0 Å². The number of benzene rings is 2. The first-order chi connectivity index (χ1) is 13.2. The lowest BCUT2D eigenvalue weighted by Crippen LogP contribution is -2.21. The molecule has 0 bridgehead atoms. The fraction of sp³-hybridized carbons (Fsp3) is 0.182. The van der Waals surface area contributed by atoms with Crippen molar-refractivity contribution in [2.24, 2.45) is 0 Å². The highest BCUT2D eigenvalue weighted by atomic mass is 32.1. The van der Waals surface area contributed by atoms with E-state index >= 15 is 0 Å². The van der Waals surface area contributed by atoms with E-state index in [4.69, 9.17) is 14.8 Å². The minimum atomic E-state index is 0.146. The van der Waals surface area contributed by atoms with Gasteiger partial charge >= 0.3 is 0 Å². The van der Waals surface area contributed by atoms with Crippen LogP contribution in [0.3, 0.4) is 0 Å². The summed E-state index contributed by atoms with van der Waals surface area (Å²) in [6.45, 7) is 6.15. The summed E-state index contributed by atoms with van der Waals surface area (Å²) in [6, 6.07) is 18.3. The zero-order valence-electron chi connectivity index (χ0n) is 15.4. The van der Waals surface area contributed by atoms with Gasteiger partial charge in [-0.3, -0.25) is 5.41 Å². The standard InChI is InChI=1S/C22H21N3OS/c1-3-25(4-2)17-11-10-16-12-18(21(23)26-20(16)13-17)22-24-19(14-27-22)15-8-6-5-7-9-15/h5-14,23H,3-4H2,1-2H3. The highest BCUT2D eigenvalue weighted by Crippen LogP contribution is 2.29. The summed E-state index contributed by atoms with van der Waals surface area (Å²) in [5.74, 6) is 0. The van der Waals surface area contributed by atoms with Gasteiger partial charge in [-0.1, -0.05) is 30.3 Å². The number of thiazole rings is 1. The molecule has 0 amide bonds. The molecule has 0 fully saturated rings. The van der Waals surface area contributed by atoms with Gasteiger partial charge in [-0.05, 0) is 32.0 Å². The number of hydrogen-bond donors (Lipinski definition) is 1. The Bertz CT molecular complexity index is 1130. The van der Waals surface area contributed by atoms with E-state index < -0.39 is 0 Å². The summed E-state index contributed by atoms with van der Waals surface area (Å²) in [5.41, 5.74) is 4.72. The number of nitrogens with zero attached hydrogens (tertiary/aromatic N) is 2. The van der Waals surface area contributed by atoms with Crippen molar-refractivity contribution < 1.29 is 4.42 Å². The minimum Gasteiger partial charge on any atom is -0.438 e. The lowest BCUT2D eigenvalue weighted by molar-refractivity contribution is 0.536. The average Bonchev–Trinajstić information content (AvgIpc) is 3.19. The van der Waals surface area contributed by atoms with Crippen molar-refractivity contribution in [2.45, 2.75) is 13.8 Å². The number of anilines is 1. The van der Waals surface area contributed by atoms with Crippen LogP contribution in [0.5, 0.6) is 0 Å². The highest BCUT2D eigenvalue weighted by molar-refractivity contribution is 7.13. The molecule has 2 heterocycles. The van der Waals surface area contributed by atoms with Gasteiger partial charge in [0.2, 0.25) is 5.55 Å². The molecule has 0 saturated carbocycles. The fourth-order valence-electron chi connectivity index (χ4n) is 3.20. The fourth-order valence-corrected chi connectivity index (χ4v) is 4.04. The third-order valence-corrected chi connectivity index (χ3v) is 5.56. The van der Waals surface area contributed by atoms with Gasteiger partial charge in [0.25, 0.3) is 0 Å². The van der Waals surface area contributed by atoms with Crippen LogP contribution in [0.2, 0.25) is 0 Å². The lowest BCUT2D eigenvalue weighted by Gasteiger charge is -2.21. The van der Waals surface area contributed by atoms with Crippen LogP contribution in [0.1, 0.15) is 13.8 Å². The molecule has 0 unspecified atom stereocenters. The van der Waals surface area contributed by atoms with E-state index in [1.54, 1.807) is 0 Å². The molecule has 4 aromatic rings. The Balaban J connectivity index is 1.75. The smallest absolute Gasteiger partial charge is 0.222 e. The van der Waals surface area contributed by atoms with E-state index in [1.165, 1.54) is 11.3 Å². The average molecular weight is 375 g/mol. The van der Waals surface area contributed by atoms with Gasteiger partial charge in [-0.25, -0.2) is 4.98 Å². The molecule has 0 spiro atoms. The maximum Gasteiger partial charge on any atom is 0.222 e. The summed E-state index contributed by atoms with van der Waals surface area (Å²) in [7, 11) is 0. The Morgan fingerprint density at radius 2 is 1.81 bits per heavy atom. The van der Waals surface area contributed by atoms with Crippen LogP contribution in [0.25, 0.3) is 32.8 Å². The lowest BCUT2D eigenvalue weighted by atomic mass is 10.1. The molecule has 5 heteroatoms. The quantitative estimate of drug-likeness (QED) is 0.498. The predicted octanol–water partition coefficient (Wildman–Crippen LogP) is 5.55. The molecule has 2 aromatic carbocycles. The molecule has 0 radical (unpaired) electrons. The van der Waals surface area contributed by atoms with Crippen LogP contribution >= 0.6 is 11.3 Å². The zero-order valence-corrected chi connectivity index (χ0v) is 16.2. The van der Waals surface area contributed by atoms with Crippen LogP contribution in [0, 0.1) is 5.41 Å². The molecule has 0 saturated heterocycles. The molecule has 0 aliphatic carbocycles. The third kappa shape index (κ3) is 3.38. The van der Waals surface area contributed by atoms with Gasteiger partial charge in [-0.15, -0.1) is 11.3 Å². The van der Waals surface area contributed by atoms with Gasteiger partial charge in [0.1, 0.15) is 10.6 Å². The number of hydrogen-bond acceptors (Lipinski definition) is 5. The van der Waals surface area contributed by atoms with Crippen molar-refractivity contribution in [2.75, 3.05) is 18.0 Å². The molecule has 2 aromatic heterocycles.